The lowest BCUT2D eigenvalue weighted by Gasteiger charge is -2.26. The van der Waals surface area contributed by atoms with E-state index in [0.29, 0.717) is 17.6 Å². The molecule has 6 heteroatoms. The summed E-state index contributed by atoms with van der Waals surface area (Å²) in [4.78, 5) is 18.3. The van der Waals surface area contributed by atoms with Crippen LogP contribution in [-0.2, 0) is 0 Å². The summed E-state index contributed by atoms with van der Waals surface area (Å²) in [5, 5.41) is 2.96. The van der Waals surface area contributed by atoms with Gasteiger partial charge in [0.25, 0.3) is 0 Å². The number of aromatic amines is 1. The number of hydrogen-bond donors (Lipinski definition) is 2. The molecule has 0 saturated heterocycles. The first-order valence-corrected chi connectivity index (χ1v) is 5.82. The Morgan fingerprint density at radius 2 is 2.18 bits per heavy atom. The molecule has 0 bridgehead atoms. The molecule has 0 aliphatic heterocycles. The third kappa shape index (κ3) is 2.02. The van der Waals surface area contributed by atoms with Crippen LogP contribution in [0, 0.1) is 0 Å². The Hall–Kier alpha value is -1.85. The molecular formula is C11H18N6. The fourth-order valence-electron chi connectivity index (χ4n) is 1.90. The van der Waals surface area contributed by atoms with Gasteiger partial charge < -0.3 is 15.2 Å². The van der Waals surface area contributed by atoms with E-state index in [0.717, 1.165) is 17.9 Å². The quantitative estimate of drug-likeness (QED) is 0.841. The molecule has 0 radical (unpaired) electrons. The highest BCUT2D eigenvalue weighted by Gasteiger charge is 2.16. The van der Waals surface area contributed by atoms with Gasteiger partial charge in [-0.05, 0) is 20.8 Å². The number of hydrogen-bond acceptors (Lipinski definition) is 5. The van der Waals surface area contributed by atoms with Gasteiger partial charge in [-0.15, -0.1) is 0 Å². The zero-order valence-corrected chi connectivity index (χ0v) is 10.7. The van der Waals surface area contributed by atoms with Crippen molar-refractivity contribution in [3.8, 4) is 0 Å². The smallest absolute Gasteiger partial charge is 0.226 e. The van der Waals surface area contributed by atoms with Crippen molar-refractivity contribution in [2.45, 2.75) is 26.8 Å². The highest BCUT2D eigenvalue weighted by Crippen LogP contribution is 2.23. The van der Waals surface area contributed by atoms with Crippen molar-refractivity contribution >= 4 is 22.9 Å². The molecule has 0 atom stereocenters. The van der Waals surface area contributed by atoms with Crippen LogP contribution in [-0.4, -0.2) is 39.6 Å². The number of H-pyrrole nitrogens is 1. The summed E-state index contributed by atoms with van der Waals surface area (Å²) in [7, 11) is 1.81. The van der Waals surface area contributed by atoms with Crippen LogP contribution in [0.25, 0.3) is 11.2 Å². The molecule has 0 amide bonds. The predicted molar refractivity (Wildman–Crippen MR) is 69.4 cm³/mol. The number of anilines is 2. The zero-order chi connectivity index (χ0) is 12.4. The Labute approximate surface area is 100 Å². The molecule has 92 valence electrons. The van der Waals surface area contributed by atoms with Gasteiger partial charge in [0.2, 0.25) is 5.95 Å². The predicted octanol–water partition coefficient (Wildman–Crippen LogP) is 1.63. The number of fused-ring (bicyclic) bond motifs is 1. The molecule has 0 aromatic carbocycles. The minimum absolute atomic E-state index is 0.381. The molecule has 0 aliphatic rings. The maximum absolute atomic E-state index is 4.52. The summed E-state index contributed by atoms with van der Waals surface area (Å²) in [5.74, 6) is 1.49. The number of nitrogens with one attached hydrogen (secondary N) is 2. The molecule has 2 aromatic heterocycles. The zero-order valence-electron chi connectivity index (χ0n) is 10.7. The van der Waals surface area contributed by atoms with E-state index in [1.54, 1.807) is 6.33 Å². The normalized spacial score (nSPS) is 11.1. The van der Waals surface area contributed by atoms with Crippen LogP contribution in [0.15, 0.2) is 6.33 Å². The molecular weight excluding hydrogens is 216 g/mol. The second-order valence-electron chi connectivity index (χ2n) is 4.10. The largest absolute Gasteiger partial charge is 0.357 e. The fraction of sp³-hybridized carbons (Fsp3) is 0.545. The van der Waals surface area contributed by atoms with Gasteiger partial charge in [0.15, 0.2) is 11.5 Å². The van der Waals surface area contributed by atoms with Gasteiger partial charge in [0.05, 0.1) is 6.33 Å². The minimum atomic E-state index is 0.381. The topological polar surface area (TPSA) is 69.7 Å². The molecule has 2 heterocycles. The van der Waals surface area contributed by atoms with Gasteiger partial charge in [-0.1, -0.05) is 0 Å². The van der Waals surface area contributed by atoms with Gasteiger partial charge in [-0.25, -0.2) is 4.98 Å². The van der Waals surface area contributed by atoms with Gasteiger partial charge in [0, 0.05) is 19.6 Å². The average Bonchev–Trinajstić information content (AvgIpc) is 2.77. The van der Waals surface area contributed by atoms with Crippen molar-refractivity contribution in [3.63, 3.8) is 0 Å². The van der Waals surface area contributed by atoms with E-state index in [1.165, 1.54) is 0 Å². The van der Waals surface area contributed by atoms with E-state index < -0.39 is 0 Å². The second kappa shape index (κ2) is 4.57. The van der Waals surface area contributed by atoms with Crippen molar-refractivity contribution in [1.82, 2.24) is 19.9 Å². The Morgan fingerprint density at radius 1 is 1.41 bits per heavy atom. The van der Waals surface area contributed by atoms with Crippen LogP contribution in [0.5, 0.6) is 0 Å². The summed E-state index contributed by atoms with van der Waals surface area (Å²) in [6.45, 7) is 7.30. The molecule has 2 aromatic rings. The maximum Gasteiger partial charge on any atom is 0.226 e. The minimum Gasteiger partial charge on any atom is -0.357 e. The lowest BCUT2D eigenvalue weighted by molar-refractivity contribution is 0.695. The molecule has 2 rings (SSSR count). The standard InChI is InChI=1S/C11H18N6/c1-5-17(7(2)3)10-8-9(14-6-13-8)15-11(12-4)16-10/h6-7H,5H2,1-4H3,(H2,12,13,14,15,16). The summed E-state index contributed by atoms with van der Waals surface area (Å²) >= 11 is 0. The SMILES string of the molecule is CCN(c1nc(NC)nc2nc[nH]c12)C(C)C. The monoisotopic (exact) mass is 234 g/mol. The van der Waals surface area contributed by atoms with E-state index in [1.807, 2.05) is 7.05 Å². The van der Waals surface area contributed by atoms with Gasteiger partial charge in [-0.3, -0.25) is 0 Å². The highest BCUT2D eigenvalue weighted by atomic mass is 15.3. The molecule has 6 nitrogen and oxygen atoms in total. The van der Waals surface area contributed by atoms with Crippen LogP contribution in [0.4, 0.5) is 11.8 Å². The first kappa shape index (κ1) is 11.6. The van der Waals surface area contributed by atoms with E-state index in [2.05, 4.69) is 50.9 Å². The summed E-state index contributed by atoms with van der Waals surface area (Å²) in [5.41, 5.74) is 1.58. The molecule has 0 spiro atoms. The van der Waals surface area contributed by atoms with Crippen LogP contribution >= 0.6 is 0 Å². The van der Waals surface area contributed by atoms with Crippen molar-refractivity contribution in [2.75, 3.05) is 23.8 Å². The number of nitrogens with zero attached hydrogens (tertiary/aromatic N) is 4. The number of rotatable bonds is 4. The van der Waals surface area contributed by atoms with Gasteiger partial charge in [-0.2, -0.15) is 9.97 Å². The Kier molecular flexibility index (Phi) is 3.12. The van der Waals surface area contributed by atoms with E-state index in [4.69, 9.17) is 0 Å². The Morgan fingerprint density at radius 3 is 2.76 bits per heavy atom. The summed E-state index contributed by atoms with van der Waals surface area (Å²) in [6, 6.07) is 0.381. The number of aromatic nitrogens is 4. The van der Waals surface area contributed by atoms with Gasteiger partial charge in [0.1, 0.15) is 5.52 Å². The van der Waals surface area contributed by atoms with Crippen molar-refractivity contribution in [3.05, 3.63) is 6.33 Å². The van der Waals surface area contributed by atoms with E-state index >= 15 is 0 Å². The molecule has 0 fully saturated rings. The second-order valence-corrected chi connectivity index (χ2v) is 4.10. The Bertz CT molecular complexity index is 504. The first-order valence-electron chi connectivity index (χ1n) is 5.82. The molecule has 17 heavy (non-hydrogen) atoms. The van der Waals surface area contributed by atoms with Gasteiger partial charge >= 0.3 is 0 Å². The van der Waals surface area contributed by atoms with Crippen molar-refractivity contribution in [1.29, 1.82) is 0 Å². The maximum atomic E-state index is 4.52. The lowest BCUT2D eigenvalue weighted by Crippen LogP contribution is -2.31. The molecule has 2 N–H and O–H groups in total. The fourth-order valence-corrected chi connectivity index (χ4v) is 1.90. The van der Waals surface area contributed by atoms with Crippen molar-refractivity contribution in [2.24, 2.45) is 0 Å². The molecule has 0 unspecified atom stereocenters. The Balaban J connectivity index is 2.60. The van der Waals surface area contributed by atoms with Crippen LogP contribution in [0.3, 0.4) is 0 Å². The average molecular weight is 234 g/mol. The van der Waals surface area contributed by atoms with Crippen molar-refractivity contribution < 1.29 is 0 Å². The molecule has 0 aliphatic carbocycles. The number of imidazole rings is 1. The molecule has 0 saturated carbocycles. The van der Waals surface area contributed by atoms with E-state index in [-0.39, 0.29) is 0 Å². The van der Waals surface area contributed by atoms with E-state index in [9.17, 15) is 0 Å². The highest BCUT2D eigenvalue weighted by molar-refractivity contribution is 5.84. The summed E-state index contributed by atoms with van der Waals surface area (Å²) < 4.78 is 0. The first-order chi connectivity index (χ1) is 8.17. The third-order valence-electron chi connectivity index (χ3n) is 2.73. The van der Waals surface area contributed by atoms with Crippen LogP contribution < -0.4 is 10.2 Å². The van der Waals surface area contributed by atoms with Crippen LogP contribution in [0.1, 0.15) is 20.8 Å². The third-order valence-corrected chi connectivity index (χ3v) is 2.73. The summed E-state index contributed by atoms with van der Waals surface area (Å²) in [6.07, 6.45) is 1.65. The van der Waals surface area contributed by atoms with Crippen LogP contribution in [0.2, 0.25) is 0 Å². The lowest BCUT2D eigenvalue weighted by atomic mass is 10.3.